The van der Waals surface area contributed by atoms with Crippen LogP contribution in [-0.2, 0) is 9.59 Å². The highest BCUT2D eigenvalue weighted by atomic mass is 16.4. The summed E-state index contributed by atoms with van der Waals surface area (Å²) in [5.41, 5.74) is 0. The molecule has 96 valence electrons. The van der Waals surface area contributed by atoms with Crippen LogP contribution in [0.4, 0.5) is 0 Å². The number of rotatable bonds is 4. The normalized spacial score (nSPS) is 29.1. The third-order valence-corrected chi connectivity index (χ3v) is 4.09. The Labute approximate surface area is 102 Å². The van der Waals surface area contributed by atoms with Crippen LogP contribution in [0.3, 0.4) is 0 Å². The molecule has 1 aliphatic carbocycles. The number of nitrogens with zero attached hydrogens (tertiary/aromatic N) is 1. The molecule has 4 heteroatoms. The van der Waals surface area contributed by atoms with Crippen LogP contribution in [0.1, 0.15) is 39.0 Å². The van der Waals surface area contributed by atoms with Crippen LogP contribution in [0, 0.1) is 17.8 Å². The third kappa shape index (κ3) is 2.99. The predicted octanol–water partition coefficient (Wildman–Crippen LogP) is 1.75. The lowest BCUT2D eigenvalue weighted by Crippen LogP contribution is -2.44. The fourth-order valence-electron chi connectivity index (χ4n) is 2.82. The molecule has 1 amide bonds. The zero-order valence-electron chi connectivity index (χ0n) is 10.4. The van der Waals surface area contributed by atoms with Crippen LogP contribution in [0.2, 0.25) is 0 Å². The minimum Gasteiger partial charge on any atom is -0.481 e. The van der Waals surface area contributed by atoms with Crippen LogP contribution in [0.5, 0.6) is 0 Å². The van der Waals surface area contributed by atoms with Crippen LogP contribution >= 0.6 is 0 Å². The van der Waals surface area contributed by atoms with E-state index in [2.05, 4.69) is 6.92 Å². The van der Waals surface area contributed by atoms with Gasteiger partial charge in [-0.05, 0) is 31.1 Å². The van der Waals surface area contributed by atoms with Crippen LogP contribution in [-0.4, -0.2) is 35.0 Å². The summed E-state index contributed by atoms with van der Waals surface area (Å²) in [5.74, 6) is 0.486. The maximum absolute atomic E-state index is 12.0. The molecule has 17 heavy (non-hydrogen) atoms. The standard InChI is InChI=1S/C13H21NO3/c1-2-9-8-14(13(17)10-3-4-10)6-5-11(9)7-12(15)16/h9-11H,2-8H2,1H3,(H,15,16)/t9-,11-/m0/s1. The molecule has 1 N–H and O–H groups in total. The molecule has 4 nitrogen and oxygen atoms in total. The zero-order valence-corrected chi connectivity index (χ0v) is 10.4. The second kappa shape index (κ2) is 5.07. The van der Waals surface area contributed by atoms with Crippen LogP contribution < -0.4 is 0 Å². The monoisotopic (exact) mass is 239 g/mol. The highest BCUT2D eigenvalue weighted by Gasteiger charge is 2.37. The van der Waals surface area contributed by atoms with E-state index in [0.29, 0.717) is 11.8 Å². The van der Waals surface area contributed by atoms with Gasteiger partial charge in [-0.15, -0.1) is 0 Å². The fourth-order valence-corrected chi connectivity index (χ4v) is 2.82. The Kier molecular flexibility index (Phi) is 3.69. The van der Waals surface area contributed by atoms with Gasteiger partial charge in [0.05, 0.1) is 0 Å². The Bertz CT molecular complexity index is 312. The lowest BCUT2D eigenvalue weighted by Gasteiger charge is -2.38. The summed E-state index contributed by atoms with van der Waals surface area (Å²) in [6, 6.07) is 0. The number of amides is 1. The average molecular weight is 239 g/mol. The molecule has 1 aliphatic heterocycles. The average Bonchev–Trinajstić information content (AvgIpc) is 3.11. The van der Waals surface area contributed by atoms with E-state index in [9.17, 15) is 9.59 Å². The number of hydrogen-bond acceptors (Lipinski definition) is 2. The van der Waals surface area contributed by atoms with Crippen molar-refractivity contribution in [3.63, 3.8) is 0 Å². The smallest absolute Gasteiger partial charge is 0.303 e. The molecule has 0 bridgehead atoms. The Hall–Kier alpha value is -1.06. The van der Waals surface area contributed by atoms with Crippen molar-refractivity contribution in [3.8, 4) is 0 Å². The maximum Gasteiger partial charge on any atom is 0.303 e. The van der Waals surface area contributed by atoms with E-state index in [0.717, 1.165) is 38.8 Å². The Morgan fingerprint density at radius 1 is 1.24 bits per heavy atom. The van der Waals surface area contributed by atoms with Crippen molar-refractivity contribution in [1.82, 2.24) is 4.90 Å². The molecule has 2 rings (SSSR count). The van der Waals surface area contributed by atoms with Gasteiger partial charge in [0, 0.05) is 25.4 Å². The highest BCUT2D eigenvalue weighted by Crippen LogP contribution is 2.35. The molecule has 0 spiro atoms. The first-order valence-corrected chi connectivity index (χ1v) is 6.62. The van der Waals surface area contributed by atoms with Gasteiger partial charge in [0.15, 0.2) is 0 Å². The summed E-state index contributed by atoms with van der Waals surface area (Å²) in [6.07, 6.45) is 4.16. The largest absolute Gasteiger partial charge is 0.481 e. The first-order chi connectivity index (χ1) is 8.11. The lowest BCUT2D eigenvalue weighted by atomic mass is 9.81. The summed E-state index contributed by atoms with van der Waals surface area (Å²) in [7, 11) is 0. The van der Waals surface area contributed by atoms with E-state index in [1.165, 1.54) is 0 Å². The van der Waals surface area contributed by atoms with Gasteiger partial charge in [0.25, 0.3) is 0 Å². The number of piperidine rings is 1. The first kappa shape index (κ1) is 12.4. The van der Waals surface area contributed by atoms with Crippen molar-refractivity contribution in [2.45, 2.75) is 39.0 Å². The third-order valence-electron chi connectivity index (χ3n) is 4.09. The van der Waals surface area contributed by atoms with E-state index < -0.39 is 5.97 Å². The molecular formula is C13H21NO3. The molecule has 0 unspecified atom stereocenters. The van der Waals surface area contributed by atoms with Crippen molar-refractivity contribution in [3.05, 3.63) is 0 Å². The van der Waals surface area contributed by atoms with Gasteiger partial charge in [-0.1, -0.05) is 13.3 Å². The Morgan fingerprint density at radius 2 is 1.94 bits per heavy atom. The summed E-state index contributed by atoms with van der Waals surface area (Å²) >= 11 is 0. The number of likely N-dealkylation sites (tertiary alicyclic amines) is 1. The van der Waals surface area contributed by atoms with Crippen LogP contribution in [0.15, 0.2) is 0 Å². The van der Waals surface area contributed by atoms with Crippen molar-refractivity contribution < 1.29 is 14.7 Å². The lowest BCUT2D eigenvalue weighted by molar-refractivity contribution is -0.140. The molecule has 1 saturated carbocycles. The summed E-state index contributed by atoms with van der Waals surface area (Å²) < 4.78 is 0. The summed E-state index contributed by atoms with van der Waals surface area (Å²) in [6.45, 7) is 3.61. The molecule has 0 radical (unpaired) electrons. The minimum atomic E-state index is -0.713. The zero-order chi connectivity index (χ0) is 12.4. The van der Waals surface area contributed by atoms with Gasteiger partial charge < -0.3 is 10.0 Å². The minimum absolute atomic E-state index is 0.251. The van der Waals surface area contributed by atoms with Gasteiger partial charge in [-0.25, -0.2) is 0 Å². The number of carbonyl (C=O) groups excluding carboxylic acids is 1. The van der Waals surface area contributed by atoms with Gasteiger partial charge >= 0.3 is 5.97 Å². The van der Waals surface area contributed by atoms with Gasteiger partial charge in [0.2, 0.25) is 5.91 Å². The van der Waals surface area contributed by atoms with Crippen molar-refractivity contribution in [2.24, 2.45) is 17.8 Å². The van der Waals surface area contributed by atoms with E-state index in [1.54, 1.807) is 0 Å². The van der Waals surface area contributed by atoms with Gasteiger partial charge in [0.1, 0.15) is 0 Å². The van der Waals surface area contributed by atoms with Crippen molar-refractivity contribution in [1.29, 1.82) is 0 Å². The Morgan fingerprint density at radius 3 is 2.47 bits per heavy atom. The topological polar surface area (TPSA) is 57.6 Å². The Balaban J connectivity index is 1.91. The number of aliphatic carboxylic acids is 1. The number of carbonyl (C=O) groups is 2. The van der Waals surface area contributed by atoms with E-state index in [4.69, 9.17) is 5.11 Å². The first-order valence-electron chi connectivity index (χ1n) is 6.62. The second-order valence-corrected chi connectivity index (χ2v) is 5.37. The van der Waals surface area contributed by atoms with Crippen molar-refractivity contribution in [2.75, 3.05) is 13.1 Å². The maximum atomic E-state index is 12.0. The summed E-state index contributed by atoms with van der Waals surface area (Å²) in [5, 5.41) is 8.87. The number of hydrogen-bond donors (Lipinski definition) is 1. The fraction of sp³-hybridized carbons (Fsp3) is 0.846. The molecule has 0 aromatic heterocycles. The molecule has 2 aliphatic rings. The molecular weight excluding hydrogens is 218 g/mol. The van der Waals surface area contributed by atoms with E-state index in [-0.39, 0.29) is 18.3 Å². The highest BCUT2D eigenvalue weighted by molar-refractivity contribution is 5.81. The summed E-state index contributed by atoms with van der Waals surface area (Å²) in [4.78, 5) is 24.7. The van der Waals surface area contributed by atoms with Crippen LogP contribution in [0.25, 0.3) is 0 Å². The van der Waals surface area contributed by atoms with Gasteiger partial charge in [-0.3, -0.25) is 9.59 Å². The second-order valence-electron chi connectivity index (χ2n) is 5.37. The molecule has 0 aromatic rings. The van der Waals surface area contributed by atoms with E-state index in [1.807, 2.05) is 4.90 Å². The number of carboxylic acid groups (broad SMARTS) is 1. The molecule has 1 heterocycles. The number of carboxylic acids is 1. The predicted molar refractivity (Wildman–Crippen MR) is 63.4 cm³/mol. The molecule has 0 aromatic carbocycles. The quantitative estimate of drug-likeness (QED) is 0.813. The molecule has 1 saturated heterocycles. The van der Waals surface area contributed by atoms with E-state index >= 15 is 0 Å². The molecule has 2 atom stereocenters. The molecule has 2 fully saturated rings. The van der Waals surface area contributed by atoms with Gasteiger partial charge in [-0.2, -0.15) is 0 Å². The SMILES string of the molecule is CC[C@H]1CN(C(=O)C2CC2)CC[C@H]1CC(=O)O. The van der Waals surface area contributed by atoms with Crippen molar-refractivity contribution >= 4 is 11.9 Å².